The SMILES string of the molecule is FC(C(=NCCBr)C(F)(F)F)=C(F)C(F)(F)F. The van der Waals surface area contributed by atoms with Crippen molar-refractivity contribution < 1.29 is 35.1 Å². The zero-order valence-electron chi connectivity index (χ0n) is 7.76. The number of nitrogens with zero attached hydrogens (tertiary/aromatic N) is 1. The zero-order chi connectivity index (χ0) is 13.9. The average Bonchev–Trinajstić information content (AvgIpc) is 2.13. The largest absolute Gasteiger partial charge is 0.446 e. The van der Waals surface area contributed by atoms with Crippen LogP contribution in [0, 0.1) is 0 Å². The monoisotopic (exact) mass is 333 g/mol. The van der Waals surface area contributed by atoms with E-state index in [-0.39, 0.29) is 5.33 Å². The Morgan fingerprint density at radius 3 is 1.71 bits per heavy atom. The molecule has 0 heterocycles. The fourth-order valence-corrected chi connectivity index (χ4v) is 0.843. The first-order valence-electron chi connectivity index (χ1n) is 3.82. The summed E-state index contributed by atoms with van der Waals surface area (Å²) in [6.45, 7) is -0.645. The van der Waals surface area contributed by atoms with Crippen molar-refractivity contribution in [2.75, 3.05) is 11.9 Å². The van der Waals surface area contributed by atoms with Crippen LogP contribution in [0.1, 0.15) is 0 Å². The predicted octanol–water partition coefficient (Wildman–Crippen LogP) is 4.10. The summed E-state index contributed by atoms with van der Waals surface area (Å²) < 4.78 is 96.3. The molecule has 0 bridgehead atoms. The van der Waals surface area contributed by atoms with E-state index in [4.69, 9.17) is 0 Å². The Kier molecular flexibility index (Phi) is 5.56. The highest BCUT2D eigenvalue weighted by atomic mass is 79.9. The summed E-state index contributed by atoms with van der Waals surface area (Å²) >= 11 is 2.64. The van der Waals surface area contributed by atoms with Crippen molar-refractivity contribution >= 4 is 21.6 Å². The van der Waals surface area contributed by atoms with E-state index in [9.17, 15) is 35.1 Å². The fraction of sp³-hybridized carbons (Fsp3) is 0.571. The maximum absolute atomic E-state index is 12.7. The van der Waals surface area contributed by atoms with Crippen LogP contribution in [0.3, 0.4) is 0 Å². The maximum atomic E-state index is 12.7. The molecular weight excluding hydrogens is 330 g/mol. The van der Waals surface area contributed by atoms with Crippen LogP contribution < -0.4 is 0 Å². The molecule has 0 atom stereocenters. The van der Waals surface area contributed by atoms with Gasteiger partial charge in [-0.3, -0.25) is 4.99 Å². The second-order valence-corrected chi connectivity index (χ2v) is 3.34. The maximum Gasteiger partial charge on any atom is 0.446 e. The lowest BCUT2D eigenvalue weighted by molar-refractivity contribution is -0.111. The third-order valence-corrected chi connectivity index (χ3v) is 1.63. The summed E-state index contributed by atoms with van der Waals surface area (Å²) in [4.78, 5) is 2.52. The van der Waals surface area contributed by atoms with Gasteiger partial charge in [0.1, 0.15) is 0 Å². The summed E-state index contributed by atoms with van der Waals surface area (Å²) in [5.41, 5.74) is -2.52. The highest BCUT2D eigenvalue weighted by molar-refractivity contribution is 9.09. The molecular formula is C7H4BrF8N. The van der Waals surface area contributed by atoms with Crippen molar-refractivity contribution in [1.29, 1.82) is 0 Å². The first kappa shape index (κ1) is 16.3. The number of hydrogen-bond donors (Lipinski definition) is 0. The molecule has 0 aliphatic rings. The molecule has 100 valence electrons. The van der Waals surface area contributed by atoms with E-state index in [1.807, 2.05) is 0 Å². The van der Waals surface area contributed by atoms with Crippen molar-refractivity contribution in [1.82, 2.24) is 0 Å². The molecule has 0 amide bonds. The Hall–Kier alpha value is -0.670. The van der Waals surface area contributed by atoms with Crippen molar-refractivity contribution in [2.24, 2.45) is 4.99 Å². The van der Waals surface area contributed by atoms with Crippen LogP contribution in [0.4, 0.5) is 35.1 Å². The minimum Gasteiger partial charge on any atom is -0.277 e. The molecule has 0 radical (unpaired) electrons. The van der Waals surface area contributed by atoms with Crippen LogP contribution in [-0.4, -0.2) is 29.9 Å². The van der Waals surface area contributed by atoms with Crippen molar-refractivity contribution in [3.05, 3.63) is 11.7 Å². The first-order chi connectivity index (χ1) is 7.51. The Labute approximate surface area is 98.3 Å². The molecule has 0 unspecified atom stereocenters. The lowest BCUT2D eigenvalue weighted by atomic mass is 10.2. The number of allylic oxidation sites excluding steroid dienone is 2. The van der Waals surface area contributed by atoms with E-state index in [1.54, 1.807) is 0 Å². The van der Waals surface area contributed by atoms with E-state index < -0.39 is 36.3 Å². The molecule has 1 nitrogen and oxygen atoms in total. The van der Waals surface area contributed by atoms with Gasteiger partial charge in [0.15, 0.2) is 11.5 Å². The van der Waals surface area contributed by atoms with Crippen LogP contribution in [0.2, 0.25) is 0 Å². The lowest BCUT2D eigenvalue weighted by Gasteiger charge is -2.10. The van der Waals surface area contributed by atoms with E-state index >= 15 is 0 Å². The number of rotatable bonds is 3. The molecule has 0 N–H and O–H groups in total. The van der Waals surface area contributed by atoms with Crippen molar-refractivity contribution in [3.63, 3.8) is 0 Å². The van der Waals surface area contributed by atoms with Gasteiger partial charge >= 0.3 is 12.4 Å². The molecule has 0 fully saturated rings. The van der Waals surface area contributed by atoms with Gasteiger partial charge < -0.3 is 0 Å². The van der Waals surface area contributed by atoms with Crippen LogP contribution in [0.25, 0.3) is 0 Å². The average molecular weight is 334 g/mol. The smallest absolute Gasteiger partial charge is 0.277 e. The van der Waals surface area contributed by atoms with Gasteiger partial charge in [-0.25, -0.2) is 4.39 Å². The number of halogens is 9. The molecule has 0 aromatic carbocycles. The zero-order valence-corrected chi connectivity index (χ0v) is 9.35. The Morgan fingerprint density at radius 1 is 0.941 bits per heavy atom. The third kappa shape index (κ3) is 5.00. The predicted molar refractivity (Wildman–Crippen MR) is 47.4 cm³/mol. The molecule has 0 aliphatic carbocycles. The van der Waals surface area contributed by atoms with Crippen LogP contribution in [-0.2, 0) is 0 Å². The lowest BCUT2D eigenvalue weighted by Crippen LogP contribution is -2.26. The Morgan fingerprint density at radius 2 is 1.41 bits per heavy atom. The van der Waals surface area contributed by atoms with Crippen molar-refractivity contribution in [2.45, 2.75) is 12.4 Å². The van der Waals surface area contributed by atoms with E-state index in [1.165, 1.54) is 0 Å². The molecule has 0 rings (SSSR count). The minimum atomic E-state index is -5.83. The van der Waals surface area contributed by atoms with Gasteiger partial charge in [0.2, 0.25) is 5.83 Å². The molecule has 17 heavy (non-hydrogen) atoms. The molecule has 0 aromatic heterocycles. The Balaban J connectivity index is 5.51. The van der Waals surface area contributed by atoms with Gasteiger partial charge in [-0.05, 0) is 0 Å². The molecule has 0 aromatic rings. The van der Waals surface area contributed by atoms with E-state index in [2.05, 4.69) is 20.9 Å². The molecule has 0 saturated heterocycles. The molecule has 10 heteroatoms. The van der Waals surface area contributed by atoms with Crippen LogP contribution in [0.5, 0.6) is 0 Å². The summed E-state index contributed by atoms with van der Waals surface area (Å²) in [5, 5.41) is -0.145. The van der Waals surface area contributed by atoms with Gasteiger partial charge in [0.25, 0.3) is 0 Å². The third-order valence-electron chi connectivity index (χ3n) is 1.27. The summed E-state index contributed by atoms with van der Waals surface area (Å²) in [5.74, 6) is -6.52. The van der Waals surface area contributed by atoms with Crippen LogP contribution >= 0.6 is 15.9 Å². The highest BCUT2D eigenvalue weighted by Gasteiger charge is 2.46. The topological polar surface area (TPSA) is 12.4 Å². The Bertz CT molecular complexity index is 326. The molecule has 0 saturated carbocycles. The number of hydrogen-bond acceptors (Lipinski definition) is 1. The van der Waals surface area contributed by atoms with E-state index in [0.29, 0.717) is 0 Å². The van der Waals surface area contributed by atoms with Gasteiger partial charge in [0.05, 0.1) is 0 Å². The fourth-order valence-electron chi connectivity index (χ4n) is 0.666. The van der Waals surface area contributed by atoms with Gasteiger partial charge in [-0.2, -0.15) is 30.7 Å². The number of aliphatic imine (C=N–C) groups is 1. The minimum absolute atomic E-state index is 0.145. The van der Waals surface area contributed by atoms with Crippen molar-refractivity contribution in [3.8, 4) is 0 Å². The van der Waals surface area contributed by atoms with E-state index in [0.717, 1.165) is 0 Å². The van der Waals surface area contributed by atoms with Gasteiger partial charge in [-0.15, -0.1) is 0 Å². The van der Waals surface area contributed by atoms with Gasteiger partial charge in [-0.1, -0.05) is 15.9 Å². The summed E-state index contributed by atoms with van der Waals surface area (Å²) in [7, 11) is 0. The summed E-state index contributed by atoms with van der Waals surface area (Å²) in [6.07, 6.45) is -11.3. The summed E-state index contributed by atoms with van der Waals surface area (Å²) in [6, 6.07) is 0. The second kappa shape index (κ2) is 5.78. The molecule has 0 spiro atoms. The standard InChI is InChI=1S/C7H4BrF8N/c8-1-2-17-5(7(14,15)16)3(9)4(10)6(11,12)13/h1-2H2. The second-order valence-electron chi connectivity index (χ2n) is 2.54. The normalized spacial score (nSPS) is 15.9. The molecule has 0 aliphatic heterocycles. The first-order valence-corrected chi connectivity index (χ1v) is 4.94. The van der Waals surface area contributed by atoms with Crippen LogP contribution in [0.15, 0.2) is 16.6 Å². The quantitative estimate of drug-likeness (QED) is 0.419. The highest BCUT2D eigenvalue weighted by Crippen LogP contribution is 2.33. The van der Waals surface area contributed by atoms with Gasteiger partial charge in [0, 0.05) is 11.9 Å². The number of alkyl halides is 7.